The van der Waals surface area contributed by atoms with Crippen LogP contribution in [-0.2, 0) is 29.0 Å². The molecule has 39 heavy (non-hydrogen) atoms. The van der Waals surface area contributed by atoms with Gasteiger partial charge in [-0.2, -0.15) is 26.3 Å². The maximum Gasteiger partial charge on any atom is 0.416 e. The molecule has 3 aromatic rings. The zero-order chi connectivity index (χ0) is 28.1. The van der Waals surface area contributed by atoms with E-state index >= 15 is 0 Å². The summed E-state index contributed by atoms with van der Waals surface area (Å²) in [6.45, 7) is 0.0139. The minimum absolute atomic E-state index is 0.0469. The Morgan fingerprint density at radius 1 is 0.821 bits per heavy atom. The summed E-state index contributed by atoms with van der Waals surface area (Å²) in [4.78, 5) is 0. The summed E-state index contributed by atoms with van der Waals surface area (Å²) in [7, 11) is 0. The van der Waals surface area contributed by atoms with Crippen LogP contribution in [0.1, 0.15) is 59.6 Å². The summed E-state index contributed by atoms with van der Waals surface area (Å²) in [6, 6.07) is 21.2. The molecule has 9 heteroatoms. The highest BCUT2D eigenvalue weighted by molar-refractivity contribution is 5.35. The first-order chi connectivity index (χ1) is 18.5. The van der Waals surface area contributed by atoms with E-state index in [0.717, 1.165) is 24.9 Å². The third kappa shape index (κ3) is 7.41. The monoisotopic (exact) mass is 551 g/mol. The van der Waals surface area contributed by atoms with Gasteiger partial charge in [-0.15, -0.1) is 0 Å². The minimum Gasteiger partial charge on any atom is -0.393 e. The summed E-state index contributed by atoms with van der Waals surface area (Å²) >= 11 is 0. The predicted molar refractivity (Wildman–Crippen MR) is 136 cm³/mol. The molecule has 210 valence electrons. The number of alkyl halides is 6. The Bertz CT molecular complexity index is 1160. The first-order valence-corrected chi connectivity index (χ1v) is 12.8. The number of aliphatic hydroxyl groups is 1. The van der Waals surface area contributed by atoms with Gasteiger partial charge in [0.1, 0.15) is 6.10 Å². The summed E-state index contributed by atoms with van der Waals surface area (Å²) in [5.41, 5.74) is -1.56. The van der Waals surface area contributed by atoms with Gasteiger partial charge in [-0.1, -0.05) is 60.7 Å². The largest absolute Gasteiger partial charge is 0.416 e. The number of aliphatic hydroxyl groups excluding tert-OH is 1. The van der Waals surface area contributed by atoms with Crippen LogP contribution < -0.4 is 5.32 Å². The number of hydrogen-bond donors (Lipinski definition) is 2. The van der Waals surface area contributed by atoms with Gasteiger partial charge >= 0.3 is 12.4 Å². The highest BCUT2D eigenvalue weighted by atomic mass is 19.4. The van der Waals surface area contributed by atoms with E-state index in [1.54, 1.807) is 0 Å². The number of halogens is 6. The highest BCUT2D eigenvalue weighted by Crippen LogP contribution is 2.42. The number of hydrogen-bond acceptors (Lipinski definition) is 3. The van der Waals surface area contributed by atoms with Gasteiger partial charge in [0.15, 0.2) is 0 Å². The van der Waals surface area contributed by atoms with E-state index < -0.39 is 41.6 Å². The van der Waals surface area contributed by atoms with Crippen LogP contribution in [0.2, 0.25) is 0 Å². The maximum atomic E-state index is 13.4. The molecule has 0 heterocycles. The van der Waals surface area contributed by atoms with Crippen LogP contribution in [0.3, 0.4) is 0 Å². The zero-order valence-electron chi connectivity index (χ0n) is 21.2. The lowest BCUT2D eigenvalue weighted by atomic mass is 9.68. The second-order valence-corrected chi connectivity index (χ2v) is 10.1. The fraction of sp³-hybridized carbons (Fsp3) is 0.400. The number of benzene rings is 3. The third-order valence-electron chi connectivity index (χ3n) is 7.47. The number of rotatable bonds is 9. The normalized spacial score (nSPS) is 21.1. The molecular weight excluding hydrogens is 520 g/mol. The van der Waals surface area contributed by atoms with Gasteiger partial charge in [0.25, 0.3) is 0 Å². The maximum absolute atomic E-state index is 13.4. The van der Waals surface area contributed by atoms with Gasteiger partial charge < -0.3 is 15.2 Å². The lowest BCUT2D eigenvalue weighted by molar-refractivity contribution is -0.143. The van der Waals surface area contributed by atoms with Crippen LogP contribution >= 0.6 is 0 Å². The molecule has 0 aromatic heterocycles. The molecule has 0 saturated heterocycles. The van der Waals surface area contributed by atoms with Gasteiger partial charge in [-0.05, 0) is 60.6 Å². The van der Waals surface area contributed by atoms with Crippen molar-refractivity contribution in [3.63, 3.8) is 0 Å². The topological polar surface area (TPSA) is 41.5 Å². The Balaban J connectivity index is 1.52. The molecule has 3 aromatic carbocycles. The van der Waals surface area contributed by atoms with Gasteiger partial charge in [0, 0.05) is 18.0 Å². The smallest absolute Gasteiger partial charge is 0.393 e. The van der Waals surface area contributed by atoms with Crippen molar-refractivity contribution in [2.24, 2.45) is 0 Å². The molecule has 0 spiro atoms. The summed E-state index contributed by atoms with van der Waals surface area (Å²) in [6.07, 6.45) is -8.26. The average Bonchev–Trinajstić information content (AvgIpc) is 2.93. The van der Waals surface area contributed by atoms with E-state index in [2.05, 4.69) is 5.32 Å². The molecule has 3 nitrogen and oxygen atoms in total. The van der Waals surface area contributed by atoms with Crippen molar-refractivity contribution < 1.29 is 36.2 Å². The standard InChI is InChI=1S/C30H31F6NO2/c31-29(32,33)24-15-22(16-25(17-24)30(34,35)36)27(19-38)39-20-28(23-9-5-2-6-10-23)13-11-26(12-14-28)37-18-21-7-3-1-4-8-21/h1-10,15-17,26-27,37-38H,11-14,18-20H2/t26-,27?,28-. The third-order valence-corrected chi connectivity index (χ3v) is 7.47. The molecule has 0 bridgehead atoms. The van der Waals surface area contributed by atoms with E-state index in [9.17, 15) is 31.4 Å². The molecular formula is C30H31F6NO2. The van der Waals surface area contributed by atoms with Crippen LogP contribution in [0.4, 0.5) is 26.3 Å². The second-order valence-electron chi connectivity index (χ2n) is 10.1. The molecule has 2 N–H and O–H groups in total. The first kappa shape index (κ1) is 29.1. The van der Waals surface area contributed by atoms with Crippen molar-refractivity contribution in [1.82, 2.24) is 5.32 Å². The van der Waals surface area contributed by atoms with Crippen molar-refractivity contribution >= 4 is 0 Å². The predicted octanol–water partition coefficient (Wildman–Crippen LogP) is 7.44. The van der Waals surface area contributed by atoms with Gasteiger partial charge in [0.05, 0.1) is 24.3 Å². The van der Waals surface area contributed by atoms with Crippen LogP contribution in [0.5, 0.6) is 0 Å². The summed E-state index contributed by atoms with van der Waals surface area (Å²) in [5.74, 6) is 0. The van der Waals surface area contributed by atoms with Crippen LogP contribution in [0, 0.1) is 0 Å². The molecule has 4 rings (SSSR count). The Labute approximate surface area is 223 Å². The highest BCUT2D eigenvalue weighted by Gasteiger charge is 2.40. The Hall–Kier alpha value is -2.88. The molecule has 1 aliphatic carbocycles. The van der Waals surface area contributed by atoms with Crippen LogP contribution in [0.15, 0.2) is 78.9 Å². The molecule has 1 aliphatic rings. The molecule has 1 atom stereocenters. The minimum atomic E-state index is -4.98. The number of ether oxygens (including phenoxy) is 1. The van der Waals surface area contributed by atoms with E-state index in [-0.39, 0.29) is 24.3 Å². The van der Waals surface area contributed by atoms with Crippen molar-refractivity contribution in [3.05, 3.63) is 107 Å². The quantitative estimate of drug-likeness (QED) is 0.272. The van der Waals surface area contributed by atoms with Gasteiger partial charge in [-0.3, -0.25) is 0 Å². The molecule has 0 aliphatic heterocycles. The SMILES string of the molecule is OCC(OC[C@]1(c2ccccc2)CC[C@H](NCc2ccccc2)CC1)c1cc(C(F)(F)F)cc(C(F)(F)F)c1. The molecule has 1 saturated carbocycles. The Morgan fingerprint density at radius 3 is 1.87 bits per heavy atom. The fourth-order valence-electron chi connectivity index (χ4n) is 5.22. The van der Waals surface area contributed by atoms with E-state index in [1.165, 1.54) is 5.56 Å². The van der Waals surface area contributed by atoms with E-state index in [0.29, 0.717) is 25.0 Å². The zero-order valence-corrected chi connectivity index (χ0v) is 21.2. The van der Waals surface area contributed by atoms with Gasteiger partial charge in [-0.25, -0.2) is 0 Å². The Morgan fingerprint density at radius 2 is 1.36 bits per heavy atom. The number of nitrogens with one attached hydrogen (secondary N) is 1. The first-order valence-electron chi connectivity index (χ1n) is 12.8. The average molecular weight is 552 g/mol. The second kappa shape index (κ2) is 12.1. The summed E-state index contributed by atoms with van der Waals surface area (Å²) < 4.78 is 86.3. The summed E-state index contributed by atoms with van der Waals surface area (Å²) in [5, 5.41) is 13.5. The molecule has 0 radical (unpaired) electrons. The van der Waals surface area contributed by atoms with Crippen molar-refractivity contribution in [2.75, 3.05) is 13.2 Å². The van der Waals surface area contributed by atoms with E-state index in [4.69, 9.17) is 4.74 Å². The van der Waals surface area contributed by atoms with Crippen molar-refractivity contribution in [1.29, 1.82) is 0 Å². The van der Waals surface area contributed by atoms with Crippen LogP contribution in [-0.4, -0.2) is 24.4 Å². The molecule has 1 fully saturated rings. The van der Waals surface area contributed by atoms with Crippen molar-refractivity contribution in [3.8, 4) is 0 Å². The van der Waals surface area contributed by atoms with Gasteiger partial charge in [0.2, 0.25) is 0 Å². The fourth-order valence-corrected chi connectivity index (χ4v) is 5.22. The van der Waals surface area contributed by atoms with Crippen LogP contribution in [0.25, 0.3) is 0 Å². The van der Waals surface area contributed by atoms with Crippen molar-refractivity contribution in [2.45, 2.75) is 62.1 Å². The Kier molecular flexibility index (Phi) is 9.03. The van der Waals surface area contributed by atoms with E-state index in [1.807, 2.05) is 60.7 Å². The molecule has 0 amide bonds. The lowest BCUT2D eigenvalue weighted by Gasteiger charge is -2.41. The lowest BCUT2D eigenvalue weighted by Crippen LogP contribution is -2.42. The molecule has 1 unspecified atom stereocenters.